The van der Waals surface area contributed by atoms with Crippen molar-refractivity contribution in [1.29, 1.82) is 0 Å². The Morgan fingerprint density at radius 3 is 2.25 bits per heavy atom. The van der Waals surface area contributed by atoms with Gasteiger partial charge in [0.15, 0.2) is 0 Å². The van der Waals surface area contributed by atoms with Crippen LogP contribution in [0.3, 0.4) is 0 Å². The van der Waals surface area contributed by atoms with E-state index in [-0.39, 0.29) is 11.3 Å². The second kappa shape index (κ2) is 6.57. The van der Waals surface area contributed by atoms with Gasteiger partial charge in [0.25, 0.3) is 11.7 Å². The lowest BCUT2D eigenvalue weighted by molar-refractivity contribution is -0.139. The largest absolute Gasteiger partial charge is 0.507 e. The van der Waals surface area contributed by atoms with Gasteiger partial charge in [-0.05, 0) is 64.6 Å². The highest BCUT2D eigenvalue weighted by atomic mass is 127. The lowest BCUT2D eigenvalue weighted by atomic mass is 9.95. The van der Waals surface area contributed by atoms with Crippen LogP contribution in [0, 0.1) is 3.57 Å². The maximum absolute atomic E-state index is 12.4. The van der Waals surface area contributed by atoms with Crippen LogP contribution in [0.1, 0.15) is 17.2 Å². The summed E-state index contributed by atoms with van der Waals surface area (Å²) in [7, 11) is 1.56. The number of carbonyl (C=O) groups excluding carboxylic acids is 2. The summed E-state index contributed by atoms with van der Waals surface area (Å²) in [4.78, 5) is 25.9. The highest BCUT2D eigenvalue weighted by molar-refractivity contribution is 14.1. The molecular formula is C18H13ClINO3. The van der Waals surface area contributed by atoms with Crippen molar-refractivity contribution >= 4 is 51.6 Å². The third kappa shape index (κ3) is 2.93. The van der Waals surface area contributed by atoms with Crippen molar-refractivity contribution < 1.29 is 14.7 Å². The molecule has 1 amide bonds. The smallest absolute Gasteiger partial charge is 0.295 e. The van der Waals surface area contributed by atoms with Crippen LogP contribution in [0.25, 0.3) is 5.76 Å². The summed E-state index contributed by atoms with van der Waals surface area (Å²) < 4.78 is 1.04. The van der Waals surface area contributed by atoms with Crippen molar-refractivity contribution in [2.75, 3.05) is 7.05 Å². The molecule has 4 nitrogen and oxygen atoms in total. The lowest BCUT2D eigenvalue weighted by Gasteiger charge is -2.21. The number of nitrogens with zero attached hydrogens (tertiary/aromatic N) is 1. The molecule has 1 unspecified atom stereocenters. The quantitative estimate of drug-likeness (QED) is 0.324. The molecule has 0 spiro atoms. The monoisotopic (exact) mass is 453 g/mol. The number of benzene rings is 2. The van der Waals surface area contributed by atoms with E-state index in [1.54, 1.807) is 31.3 Å². The number of Topliss-reactive ketones (excluding diaryl/α,β-unsaturated/α-hetero) is 1. The number of likely N-dealkylation sites (N-methyl/N-ethyl adjacent to an activating group) is 1. The van der Waals surface area contributed by atoms with E-state index in [2.05, 4.69) is 22.6 Å². The van der Waals surface area contributed by atoms with Crippen molar-refractivity contribution in [2.24, 2.45) is 0 Å². The molecule has 0 bridgehead atoms. The molecule has 6 heteroatoms. The average Bonchev–Trinajstić information content (AvgIpc) is 2.80. The van der Waals surface area contributed by atoms with Crippen LogP contribution in [-0.2, 0) is 9.59 Å². The lowest BCUT2D eigenvalue weighted by Crippen LogP contribution is -2.24. The molecule has 2 aromatic rings. The predicted octanol–water partition coefficient (Wildman–Crippen LogP) is 4.00. The SMILES string of the molecule is CN1C(=O)C(=O)/C(=C(/O)c2ccc(Cl)cc2)C1c1ccc(I)cc1. The van der Waals surface area contributed by atoms with Gasteiger partial charge in [0.2, 0.25) is 0 Å². The topological polar surface area (TPSA) is 57.6 Å². The van der Waals surface area contributed by atoms with E-state index in [4.69, 9.17) is 11.6 Å². The minimum absolute atomic E-state index is 0.0889. The van der Waals surface area contributed by atoms with Crippen LogP contribution in [0.4, 0.5) is 0 Å². The van der Waals surface area contributed by atoms with Gasteiger partial charge in [-0.15, -0.1) is 0 Å². The number of ketones is 1. The third-order valence-corrected chi connectivity index (χ3v) is 4.95. The Bertz CT molecular complexity index is 844. The molecule has 1 N–H and O–H groups in total. The Balaban J connectivity index is 2.16. The number of hydrogen-bond acceptors (Lipinski definition) is 3. The number of rotatable bonds is 2. The normalized spacial score (nSPS) is 19.8. The van der Waals surface area contributed by atoms with Gasteiger partial charge in [-0.2, -0.15) is 0 Å². The van der Waals surface area contributed by atoms with E-state index < -0.39 is 17.7 Å². The molecule has 0 aliphatic carbocycles. The van der Waals surface area contributed by atoms with Crippen molar-refractivity contribution in [2.45, 2.75) is 6.04 Å². The Labute approximate surface area is 157 Å². The van der Waals surface area contributed by atoms with Crippen molar-refractivity contribution in [3.05, 3.63) is 73.8 Å². The fourth-order valence-electron chi connectivity index (χ4n) is 2.75. The molecule has 1 atom stereocenters. The van der Waals surface area contributed by atoms with Crippen LogP contribution >= 0.6 is 34.2 Å². The predicted molar refractivity (Wildman–Crippen MR) is 101 cm³/mol. The molecule has 2 aromatic carbocycles. The minimum Gasteiger partial charge on any atom is -0.507 e. The maximum Gasteiger partial charge on any atom is 0.295 e. The van der Waals surface area contributed by atoms with Gasteiger partial charge in [0, 0.05) is 21.2 Å². The standard InChI is InChI=1S/C18H13ClINO3/c1-21-15(10-4-8-13(20)9-5-10)14(17(23)18(21)24)16(22)11-2-6-12(19)7-3-11/h2-9,15,22H,1H3/b16-14+. The maximum atomic E-state index is 12.4. The molecule has 3 rings (SSSR count). The molecule has 0 radical (unpaired) electrons. The average molecular weight is 454 g/mol. The van der Waals surface area contributed by atoms with Crippen LogP contribution in [0.2, 0.25) is 5.02 Å². The van der Waals surface area contributed by atoms with Gasteiger partial charge >= 0.3 is 0 Å². The number of aliphatic hydroxyl groups excluding tert-OH is 1. The van der Waals surface area contributed by atoms with Crippen molar-refractivity contribution in [1.82, 2.24) is 4.90 Å². The summed E-state index contributed by atoms with van der Waals surface area (Å²) in [5, 5.41) is 11.2. The zero-order chi connectivity index (χ0) is 17.4. The molecule has 1 heterocycles. The highest BCUT2D eigenvalue weighted by Gasteiger charge is 2.44. The van der Waals surface area contributed by atoms with Gasteiger partial charge in [-0.1, -0.05) is 23.7 Å². The summed E-state index contributed by atoms with van der Waals surface area (Å²) >= 11 is 8.05. The van der Waals surface area contributed by atoms with E-state index in [1.807, 2.05) is 24.3 Å². The number of carbonyl (C=O) groups is 2. The molecular weight excluding hydrogens is 441 g/mol. The molecule has 0 saturated carbocycles. The number of amides is 1. The molecule has 0 aromatic heterocycles. The van der Waals surface area contributed by atoms with E-state index in [0.29, 0.717) is 10.6 Å². The van der Waals surface area contributed by atoms with Gasteiger partial charge < -0.3 is 10.0 Å². The summed E-state index contributed by atoms with van der Waals surface area (Å²) in [5.41, 5.74) is 1.31. The summed E-state index contributed by atoms with van der Waals surface area (Å²) in [6.45, 7) is 0. The fourth-order valence-corrected chi connectivity index (χ4v) is 3.23. The summed E-state index contributed by atoms with van der Waals surface area (Å²) in [6.07, 6.45) is 0. The second-order valence-corrected chi connectivity index (χ2v) is 7.15. The number of hydrogen-bond donors (Lipinski definition) is 1. The van der Waals surface area contributed by atoms with Crippen LogP contribution in [-0.4, -0.2) is 28.7 Å². The first kappa shape index (κ1) is 17.0. The van der Waals surface area contributed by atoms with E-state index in [9.17, 15) is 14.7 Å². The minimum atomic E-state index is -0.687. The van der Waals surface area contributed by atoms with Crippen molar-refractivity contribution in [3.8, 4) is 0 Å². The summed E-state index contributed by atoms with van der Waals surface area (Å²) in [6, 6.07) is 13.4. The van der Waals surface area contributed by atoms with Gasteiger partial charge in [0.05, 0.1) is 11.6 Å². The zero-order valence-electron chi connectivity index (χ0n) is 12.7. The van der Waals surface area contributed by atoms with Gasteiger partial charge in [-0.25, -0.2) is 0 Å². The Hall–Kier alpha value is -1.86. The first-order chi connectivity index (χ1) is 11.4. The first-order valence-corrected chi connectivity index (χ1v) is 8.62. The van der Waals surface area contributed by atoms with E-state index in [1.165, 1.54) is 4.90 Å². The molecule has 24 heavy (non-hydrogen) atoms. The second-order valence-electron chi connectivity index (χ2n) is 5.47. The fraction of sp³-hybridized carbons (Fsp3) is 0.111. The first-order valence-electron chi connectivity index (χ1n) is 7.16. The van der Waals surface area contributed by atoms with Crippen molar-refractivity contribution in [3.63, 3.8) is 0 Å². The number of likely N-dealkylation sites (tertiary alicyclic amines) is 1. The Morgan fingerprint density at radius 2 is 1.67 bits per heavy atom. The molecule has 1 aliphatic rings. The molecule has 1 saturated heterocycles. The number of aliphatic hydroxyl groups is 1. The molecule has 122 valence electrons. The number of halogens is 2. The highest BCUT2D eigenvalue weighted by Crippen LogP contribution is 2.38. The summed E-state index contributed by atoms with van der Waals surface area (Å²) in [5.74, 6) is -1.51. The zero-order valence-corrected chi connectivity index (χ0v) is 15.6. The molecule has 1 fully saturated rings. The van der Waals surface area contributed by atoms with E-state index >= 15 is 0 Å². The van der Waals surface area contributed by atoms with Gasteiger partial charge in [-0.3, -0.25) is 9.59 Å². The molecule has 1 aliphatic heterocycles. The Kier molecular flexibility index (Phi) is 4.64. The van der Waals surface area contributed by atoms with Crippen LogP contribution in [0.15, 0.2) is 54.1 Å². The third-order valence-electron chi connectivity index (χ3n) is 3.98. The van der Waals surface area contributed by atoms with Gasteiger partial charge in [0.1, 0.15) is 5.76 Å². The van der Waals surface area contributed by atoms with E-state index in [0.717, 1.165) is 9.13 Å². The Morgan fingerprint density at radius 1 is 1.08 bits per heavy atom. The van der Waals surface area contributed by atoms with Crippen LogP contribution in [0.5, 0.6) is 0 Å². The van der Waals surface area contributed by atoms with Crippen LogP contribution < -0.4 is 0 Å².